The molecule has 0 aliphatic rings. The number of hydrogen-bond acceptors (Lipinski definition) is 3. The molecule has 1 N–H and O–H groups in total. The molecule has 0 unspecified atom stereocenters. The third kappa shape index (κ3) is 4.87. The Morgan fingerprint density at radius 2 is 1.78 bits per heavy atom. The molecule has 0 radical (unpaired) electrons. The molecule has 0 saturated heterocycles. The average molecular weight is 508 g/mol. The van der Waals surface area contributed by atoms with Crippen molar-refractivity contribution in [2.24, 2.45) is 7.05 Å². The van der Waals surface area contributed by atoms with E-state index in [2.05, 4.69) is 41.7 Å². The molecular formula is C29H34ClN3O3. The molecule has 2 heterocycles. The summed E-state index contributed by atoms with van der Waals surface area (Å²) in [5.41, 5.74) is 9.71. The highest BCUT2D eigenvalue weighted by Crippen LogP contribution is 2.37. The van der Waals surface area contributed by atoms with Gasteiger partial charge in [-0.1, -0.05) is 29.8 Å². The van der Waals surface area contributed by atoms with E-state index in [-0.39, 0.29) is 6.42 Å². The second kappa shape index (κ2) is 10.4. The number of carboxylic acids is 1. The summed E-state index contributed by atoms with van der Waals surface area (Å²) in [6, 6.07) is 10.3. The van der Waals surface area contributed by atoms with Gasteiger partial charge < -0.3 is 14.4 Å². The summed E-state index contributed by atoms with van der Waals surface area (Å²) < 4.78 is 10.1. The van der Waals surface area contributed by atoms with Gasteiger partial charge in [-0.3, -0.25) is 9.48 Å². The van der Waals surface area contributed by atoms with E-state index < -0.39 is 5.97 Å². The monoisotopic (exact) mass is 507 g/mol. The minimum atomic E-state index is -0.800. The largest absolute Gasteiger partial charge is 0.494 e. The third-order valence-electron chi connectivity index (χ3n) is 7.05. The van der Waals surface area contributed by atoms with Gasteiger partial charge in [0, 0.05) is 46.5 Å². The van der Waals surface area contributed by atoms with Crippen LogP contribution in [-0.2, 0) is 24.8 Å². The van der Waals surface area contributed by atoms with E-state index in [0.29, 0.717) is 13.2 Å². The lowest BCUT2D eigenvalue weighted by Gasteiger charge is -2.11. The standard InChI is InChI=1S/C29H34ClN3O3/c1-17-15-22(16-18(2)28(17)30)36-14-8-11-23-20(4)33(13-12-26(34)35)29-24(23)9-7-10-25(29)27-19(3)31-32(6)21(27)5/h7,9-10,15-16H,8,11-14H2,1-6H3,(H,34,35). The van der Waals surface area contributed by atoms with Crippen molar-refractivity contribution in [3.8, 4) is 16.9 Å². The Morgan fingerprint density at radius 3 is 2.39 bits per heavy atom. The molecule has 0 aliphatic heterocycles. The zero-order valence-electron chi connectivity index (χ0n) is 21.9. The minimum absolute atomic E-state index is 0.0712. The van der Waals surface area contributed by atoms with Gasteiger partial charge in [-0.15, -0.1) is 0 Å². The molecule has 7 heteroatoms. The Bertz CT molecular complexity index is 1430. The van der Waals surface area contributed by atoms with Crippen LogP contribution < -0.4 is 4.74 Å². The van der Waals surface area contributed by atoms with Gasteiger partial charge >= 0.3 is 5.97 Å². The van der Waals surface area contributed by atoms with Crippen molar-refractivity contribution >= 4 is 28.5 Å². The normalized spacial score (nSPS) is 11.4. The summed E-state index contributed by atoms with van der Waals surface area (Å²) in [5, 5.41) is 16.0. The van der Waals surface area contributed by atoms with Gasteiger partial charge in [0.25, 0.3) is 0 Å². The number of halogens is 1. The average Bonchev–Trinajstić information content (AvgIpc) is 3.24. The first-order valence-electron chi connectivity index (χ1n) is 12.3. The number of para-hydroxylation sites is 1. The molecule has 190 valence electrons. The predicted molar refractivity (Wildman–Crippen MR) is 145 cm³/mol. The second-order valence-electron chi connectivity index (χ2n) is 9.55. The molecule has 0 saturated carbocycles. The number of benzene rings is 2. The van der Waals surface area contributed by atoms with Crippen molar-refractivity contribution in [2.75, 3.05) is 6.61 Å². The summed E-state index contributed by atoms with van der Waals surface area (Å²) >= 11 is 6.29. The van der Waals surface area contributed by atoms with Crippen LogP contribution in [0.4, 0.5) is 0 Å². The molecule has 4 aromatic rings. The molecule has 0 aliphatic carbocycles. The van der Waals surface area contributed by atoms with E-state index in [9.17, 15) is 9.90 Å². The SMILES string of the molecule is Cc1cc(OCCCc2c(C)n(CCC(=O)O)c3c(-c4c(C)nn(C)c4C)cccc23)cc(C)c1Cl. The lowest BCUT2D eigenvalue weighted by Crippen LogP contribution is -2.07. The maximum atomic E-state index is 11.5. The molecule has 0 spiro atoms. The first-order valence-corrected chi connectivity index (χ1v) is 12.7. The molecule has 0 fully saturated rings. The Labute approximate surface area is 217 Å². The summed E-state index contributed by atoms with van der Waals surface area (Å²) in [4.78, 5) is 11.5. The molecular weight excluding hydrogens is 474 g/mol. The molecule has 0 bridgehead atoms. The first-order chi connectivity index (χ1) is 17.1. The Kier molecular flexibility index (Phi) is 7.46. The summed E-state index contributed by atoms with van der Waals surface area (Å²) in [6.07, 6.45) is 1.75. The van der Waals surface area contributed by atoms with E-state index >= 15 is 0 Å². The van der Waals surface area contributed by atoms with Crippen molar-refractivity contribution in [2.45, 2.75) is 60.4 Å². The highest BCUT2D eigenvalue weighted by Gasteiger charge is 2.21. The van der Waals surface area contributed by atoms with Crippen molar-refractivity contribution in [3.63, 3.8) is 0 Å². The Hall–Kier alpha value is -3.25. The summed E-state index contributed by atoms with van der Waals surface area (Å²) in [6.45, 7) is 11.2. The van der Waals surface area contributed by atoms with Crippen LogP contribution in [0, 0.1) is 34.6 Å². The van der Waals surface area contributed by atoms with Crippen LogP contribution in [0.25, 0.3) is 22.0 Å². The van der Waals surface area contributed by atoms with Crippen LogP contribution in [0.2, 0.25) is 5.02 Å². The predicted octanol–water partition coefficient (Wildman–Crippen LogP) is 6.72. The van der Waals surface area contributed by atoms with Crippen molar-refractivity contribution in [3.05, 3.63) is 69.1 Å². The number of hydrogen-bond donors (Lipinski definition) is 1. The molecule has 0 amide bonds. The highest BCUT2D eigenvalue weighted by molar-refractivity contribution is 6.32. The number of aliphatic carboxylic acids is 1. The molecule has 6 nitrogen and oxygen atoms in total. The fourth-order valence-electron chi connectivity index (χ4n) is 5.20. The fourth-order valence-corrected chi connectivity index (χ4v) is 5.31. The van der Waals surface area contributed by atoms with Gasteiger partial charge in [0.1, 0.15) is 5.75 Å². The Balaban J connectivity index is 1.68. The van der Waals surface area contributed by atoms with E-state index in [4.69, 9.17) is 16.3 Å². The van der Waals surface area contributed by atoms with Crippen molar-refractivity contribution < 1.29 is 14.6 Å². The number of rotatable bonds is 9. The van der Waals surface area contributed by atoms with Crippen LogP contribution in [-0.4, -0.2) is 32.0 Å². The number of fused-ring (bicyclic) bond motifs is 1. The zero-order valence-corrected chi connectivity index (χ0v) is 22.7. The summed E-state index contributed by atoms with van der Waals surface area (Å²) in [5.74, 6) is 0.0331. The lowest BCUT2D eigenvalue weighted by atomic mass is 9.98. The van der Waals surface area contributed by atoms with Crippen LogP contribution in [0.1, 0.15) is 46.6 Å². The lowest BCUT2D eigenvalue weighted by molar-refractivity contribution is -0.137. The van der Waals surface area contributed by atoms with Crippen molar-refractivity contribution in [1.29, 1.82) is 0 Å². The first kappa shape index (κ1) is 25.8. The number of aryl methyl sites for hydroxylation is 6. The number of carboxylic acid groups (broad SMARTS) is 1. The number of carbonyl (C=O) groups is 1. The second-order valence-corrected chi connectivity index (χ2v) is 9.93. The smallest absolute Gasteiger partial charge is 0.305 e. The molecule has 36 heavy (non-hydrogen) atoms. The highest BCUT2D eigenvalue weighted by atomic mass is 35.5. The summed E-state index contributed by atoms with van der Waals surface area (Å²) in [7, 11) is 1.95. The number of nitrogens with zero attached hydrogens (tertiary/aromatic N) is 3. The van der Waals surface area contributed by atoms with Crippen LogP contribution >= 0.6 is 11.6 Å². The van der Waals surface area contributed by atoms with E-state index in [0.717, 1.165) is 73.9 Å². The van der Waals surface area contributed by atoms with E-state index in [1.165, 1.54) is 5.56 Å². The van der Waals surface area contributed by atoms with Gasteiger partial charge in [-0.2, -0.15) is 5.10 Å². The van der Waals surface area contributed by atoms with Crippen LogP contribution in [0.15, 0.2) is 30.3 Å². The van der Waals surface area contributed by atoms with Gasteiger partial charge in [0.2, 0.25) is 0 Å². The molecule has 0 atom stereocenters. The minimum Gasteiger partial charge on any atom is -0.494 e. The van der Waals surface area contributed by atoms with Gasteiger partial charge in [-0.25, -0.2) is 0 Å². The third-order valence-corrected chi connectivity index (χ3v) is 7.65. The van der Waals surface area contributed by atoms with Gasteiger partial charge in [0.05, 0.1) is 24.2 Å². The van der Waals surface area contributed by atoms with Crippen LogP contribution in [0.3, 0.4) is 0 Å². The van der Waals surface area contributed by atoms with Gasteiger partial charge in [0.15, 0.2) is 0 Å². The fraction of sp³-hybridized carbons (Fsp3) is 0.379. The molecule has 4 rings (SSSR count). The molecule has 2 aromatic heterocycles. The van der Waals surface area contributed by atoms with Crippen LogP contribution in [0.5, 0.6) is 5.75 Å². The number of aromatic nitrogens is 3. The van der Waals surface area contributed by atoms with Gasteiger partial charge in [-0.05, 0) is 76.3 Å². The quantitative estimate of drug-likeness (QED) is 0.255. The van der Waals surface area contributed by atoms with E-state index in [1.807, 2.05) is 44.6 Å². The molecule has 2 aromatic carbocycles. The van der Waals surface area contributed by atoms with Crippen molar-refractivity contribution in [1.82, 2.24) is 14.3 Å². The maximum Gasteiger partial charge on any atom is 0.305 e. The zero-order chi connectivity index (χ0) is 26.1. The topological polar surface area (TPSA) is 69.3 Å². The van der Waals surface area contributed by atoms with E-state index in [1.54, 1.807) is 0 Å². The number of ether oxygens (including phenoxy) is 1. The Morgan fingerprint density at radius 1 is 1.08 bits per heavy atom. The maximum absolute atomic E-state index is 11.5.